The summed E-state index contributed by atoms with van der Waals surface area (Å²) in [7, 11) is 1.76. The van der Waals surface area contributed by atoms with Crippen LogP contribution in [0.4, 0.5) is 0 Å². The number of hydrogen-bond acceptors (Lipinski definition) is 4. The highest BCUT2D eigenvalue weighted by atomic mass is 16.5. The summed E-state index contributed by atoms with van der Waals surface area (Å²) in [5.41, 5.74) is 1.77. The van der Waals surface area contributed by atoms with E-state index in [4.69, 9.17) is 9.72 Å². The van der Waals surface area contributed by atoms with E-state index in [2.05, 4.69) is 35.6 Å². The number of fused-ring (bicyclic) bond motifs is 1. The molecule has 1 saturated carbocycles. The van der Waals surface area contributed by atoms with Crippen LogP contribution in [0.1, 0.15) is 64.7 Å². The van der Waals surface area contributed by atoms with Crippen LogP contribution >= 0.6 is 0 Å². The zero-order chi connectivity index (χ0) is 19.4. The minimum Gasteiger partial charge on any atom is -0.381 e. The highest BCUT2D eigenvalue weighted by Crippen LogP contribution is 2.29. The van der Waals surface area contributed by atoms with Crippen LogP contribution in [0.5, 0.6) is 0 Å². The Labute approximate surface area is 161 Å². The van der Waals surface area contributed by atoms with Crippen LogP contribution in [0.25, 0.3) is 11.2 Å². The van der Waals surface area contributed by atoms with E-state index in [-0.39, 0.29) is 17.9 Å². The van der Waals surface area contributed by atoms with Crippen LogP contribution in [0.2, 0.25) is 0 Å². The highest BCUT2D eigenvalue weighted by molar-refractivity contribution is 5.79. The van der Waals surface area contributed by atoms with E-state index in [0.717, 1.165) is 55.6 Å². The fourth-order valence-electron chi connectivity index (χ4n) is 4.10. The van der Waals surface area contributed by atoms with Crippen LogP contribution in [-0.2, 0) is 16.1 Å². The number of nitrogens with one attached hydrogen (secondary N) is 1. The molecule has 1 fully saturated rings. The molecule has 148 valence electrons. The summed E-state index contributed by atoms with van der Waals surface area (Å²) in [5, 5.41) is 3.31. The summed E-state index contributed by atoms with van der Waals surface area (Å²) < 4.78 is 7.56. The van der Waals surface area contributed by atoms with Crippen LogP contribution in [-0.4, -0.2) is 33.7 Å². The molecular weight excluding hydrogens is 340 g/mol. The van der Waals surface area contributed by atoms with Gasteiger partial charge in [-0.2, -0.15) is 0 Å². The molecule has 1 amide bonds. The molecule has 1 aliphatic carbocycles. The van der Waals surface area contributed by atoms with E-state index in [0.29, 0.717) is 12.0 Å². The van der Waals surface area contributed by atoms with Gasteiger partial charge in [-0.1, -0.05) is 13.8 Å². The fraction of sp³-hybridized carbons (Fsp3) is 0.667. The molecule has 0 unspecified atom stereocenters. The van der Waals surface area contributed by atoms with Gasteiger partial charge in [-0.25, -0.2) is 9.97 Å². The third-order valence-electron chi connectivity index (χ3n) is 5.56. The molecule has 3 rings (SSSR count). The summed E-state index contributed by atoms with van der Waals surface area (Å²) in [6.45, 7) is 7.24. The lowest BCUT2D eigenvalue weighted by atomic mass is 9.86. The SMILES string of the molecule is CCn1c([C@H](CC(C)C)NC(=O)C2CCC(OC)CC2)nc2cccnc21. The average Bonchev–Trinajstić information content (AvgIpc) is 3.05. The average molecular weight is 373 g/mol. The number of carbonyl (C=O) groups is 1. The Hall–Kier alpha value is -1.95. The maximum absolute atomic E-state index is 13.0. The molecule has 0 aromatic carbocycles. The standard InChI is InChI=1S/C21H32N4O2/c1-5-25-19-17(7-6-12-22-19)23-20(25)18(13-14(2)3)24-21(26)15-8-10-16(27-4)11-9-15/h6-7,12,14-16,18H,5,8-11,13H2,1-4H3,(H,24,26)/t15?,16?,18-/m0/s1. The fourth-order valence-corrected chi connectivity index (χ4v) is 4.10. The van der Waals surface area contributed by atoms with Crippen molar-refractivity contribution in [2.24, 2.45) is 11.8 Å². The number of nitrogens with zero attached hydrogens (tertiary/aromatic N) is 3. The third-order valence-corrected chi connectivity index (χ3v) is 5.56. The number of aromatic nitrogens is 3. The Bertz CT molecular complexity index is 763. The van der Waals surface area contributed by atoms with E-state index >= 15 is 0 Å². The second-order valence-corrected chi connectivity index (χ2v) is 7.96. The number of ether oxygens (including phenoxy) is 1. The summed E-state index contributed by atoms with van der Waals surface area (Å²) in [4.78, 5) is 22.3. The van der Waals surface area contributed by atoms with E-state index in [1.807, 2.05) is 12.1 Å². The summed E-state index contributed by atoms with van der Waals surface area (Å²) in [6.07, 6.45) is 6.67. The molecule has 1 N–H and O–H groups in total. The normalized spacial score (nSPS) is 21.5. The van der Waals surface area contributed by atoms with Gasteiger partial charge in [0, 0.05) is 25.8 Å². The monoisotopic (exact) mass is 372 g/mol. The molecule has 0 spiro atoms. The minimum atomic E-state index is -0.0909. The van der Waals surface area contributed by atoms with Gasteiger partial charge in [0.1, 0.15) is 11.3 Å². The summed E-state index contributed by atoms with van der Waals surface area (Å²) >= 11 is 0. The summed E-state index contributed by atoms with van der Waals surface area (Å²) in [5.74, 6) is 1.60. The number of amides is 1. The predicted octanol–water partition coefficient (Wildman–Crippen LogP) is 3.86. The van der Waals surface area contributed by atoms with Gasteiger partial charge >= 0.3 is 0 Å². The molecule has 27 heavy (non-hydrogen) atoms. The smallest absolute Gasteiger partial charge is 0.223 e. The van der Waals surface area contributed by atoms with Crippen molar-refractivity contribution in [3.63, 3.8) is 0 Å². The first-order valence-electron chi connectivity index (χ1n) is 10.2. The zero-order valence-corrected chi connectivity index (χ0v) is 16.9. The molecule has 1 atom stereocenters. The second-order valence-electron chi connectivity index (χ2n) is 7.96. The first kappa shape index (κ1) is 19.8. The van der Waals surface area contributed by atoms with Gasteiger partial charge in [0.25, 0.3) is 0 Å². The predicted molar refractivity (Wildman–Crippen MR) is 106 cm³/mol. The number of aryl methyl sites for hydroxylation is 1. The van der Waals surface area contributed by atoms with Gasteiger partial charge in [0.05, 0.1) is 12.1 Å². The quantitative estimate of drug-likeness (QED) is 0.801. The molecule has 0 bridgehead atoms. The van der Waals surface area contributed by atoms with Gasteiger partial charge in [-0.3, -0.25) is 4.79 Å². The molecule has 0 aliphatic heterocycles. The Morgan fingerprint density at radius 3 is 2.70 bits per heavy atom. The zero-order valence-electron chi connectivity index (χ0n) is 16.9. The van der Waals surface area contributed by atoms with Crippen LogP contribution in [0, 0.1) is 11.8 Å². The van der Waals surface area contributed by atoms with E-state index in [9.17, 15) is 4.79 Å². The van der Waals surface area contributed by atoms with Crippen molar-refractivity contribution in [2.45, 2.75) is 71.6 Å². The van der Waals surface area contributed by atoms with Crippen molar-refractivity contribution < 1.29 is 9.53 Å². The number of hydrogen-bond donors (Lipinski definition) is 1. The number of carbonyl (C=O) groups excluding carboxylic acids is 1. The Kier molecular flexibility index (Phi) is 6.47. The van der Waals surface area contributed by atoms with Crippen LogP contribution < -0.4 is 5.32 Å². The lowest BCUT2D eigenvalue weighted by Gasteiger charge is -2.29. The van der Waals surface area contributed by atoms with E-state index in [1.165, 1.54) is 0 Å². The van der Waals surface area contributed by atoms with Crippen molar-refractivity contribution >= 4 is 17.1 Å². The largest absolute Gasteiger partial charge is 0.381 e. The molecule has 0 radical (unpaired) electrons. The van der Waals surface area contributed by atoms with Gasteiger partial charge in [0.15, 0.2) is 5.65 Å². The molecule has 6 nitrogen and oxygen atoms in total. The first-order valence-corrected chi connectivity index (χ1v) is 10.2. The molecule has 2 heterocycles. The number of imidazole rings is 1. The highest BCUT2D eigenvalue weighted by Gasteiger charge is 2.29. The Morgan fingerprint density at radius 2 is 2.07 bits per heavy atom. The van der Waals surface area contributed by atoms with Crippen molar-refractivity contribution in [1.29, 1.82) is 0 Å². The van der Waals surface area contributed by atoms with Crippen molar-refractivity contribution in [3.8, 4) is 0 Å². The minimum absolute atomic E-state index is 0.0728. The van der Waals surface area contributed by atoms with Crippen LogP contribution in [0.3, 0.4) is 0 Å². The molecule has 1 aliphatic rings. The van der Waals surface area contributed by atoms with Gasteiger partial charge in [0.2, 0.25) is 5.91 Å². The van der Waals surface area contributed by atoms with E-state index in [1.54, 1.807) is 13.3 Å². The molecule has 0 saturated heterocycles. The van der Waals surface area contributed by atoms with Gasteiger partial charge < -0.3 is 14.6 Å². The lowest BCUT2D eigenvalue weighted by molar-refractivity contribution is -0.127. The maximum Gasteiger partial charge on any atom is 0.223 e. The topological polar surface area (TPSA) is 69.0 Å². The maximum atomic E-state index is 13.0. The van der Waals surface area contributed by atoms with Crippen molar-refractivity contribution in [2.75, 3.05) is 7.11 Å². The molecular formula is C21H32N4O2. The third kappa shape index (κ3) is 4.49. The first-order chi connectivity index (χ1) is 13.0. The van der Waals surface area contributed by atoms with Gasteiger partial charge in [-0.15, -0.1) is 0 Å². The van der Waals surface area contributed by atoms with Crippen LogP contribution in [0.15, 0.2) is 18.3 Å². The number of pyridine rings is 1. The van der Waals surface area contributed by atoms with Crippen molar-refractivity contribution in [3.05, 3.63) is 24.2 Å². The number of rotatable bonds is 7. The Morgan fingerprint density at radius 1 is 1.33 bits per heavy atom. The second kappa shape index (κ2) is 8.83. The Balaban J connectivity index is 1.81. The van der Waals surface area contributed by atoms with Gasteiger partial charge in [-0.05, 0) is 57.1 Å². The molecule has 6 heteroatoms. The molecule has 2 aromatic heterocycles. The van der Waals surface area contributed by atoms with E-state index < -0.39 is 0 Å². The molecule has 2 aromatic rings. The van der Waals surface area contributed by atoms with Crippen molar-refractivity contribution in [1.82, 2.24) is 19.9 Å². The summed E-state index contributed by atoms with van der Waals surface area (Å²) in [6, 6.07) is 3.80. The lowest BCUT2D eigenvalue weighted by Crippen LogP contribution is -2.38. The number of methoxy groups -OCH3 is 1.